The maximum absolute atomic E-state index is 11.6. The quantitative estimate of drug-likeness (QED) is 0.716. The minimum Gasteiger partial charge on any atom is -0.465 e. The van der Waals surface area contributed by atoms with Crippen molar-refractivity contribution in [2.45, 2.75) is 39.3 Å². The number of hydrogen-bond donors (Lipinski definition) is 0. The summed E-state index contributed by atoms with van der Waals surface area (Å²) in [5.41, 5.74) is 0.740. The van der Waals surface area contributed by atoms with Crippen molar-refractivity contribution in [1.82, 2.24) is 4.90 Å². The first-order valence-corrected chi connectivity index (χ1v) is 7.12. The molecule has 21 heavy (non-hydrogen) atoms. The molecular formula is C15H21NO5. The van der Waals surface area contributed by atoms with E-state index in [0.29, 0.717) is 25.0 Å². The van der Waals surface area contributed by atoms with Gasteiger partial charge >= 0.3 is 11.9 Å². The van der Waals surface area contributed by atoms with Crippen LogP contribution in [0.3, 0.4) is 0 Å². The van der Waals surface area contributed by atoms with Crippen LogP contribution >= 0.6 is 0 Å². The Balaban J connectivity index is 2.03. The molecule has 0 spiro atoms. The van der Waals surface area contributed by atoms with Gasteiger partial charge in [-0.15, -0.1) is 0 Å². The van der Waals surface area contributed by atoms with Crippen LogP contribution in [0.5, 0.6) is 0 Å². The van der Waals surface area contributed by atoms with Gasteiger partial charge in [-0.3, -0.25) is 9.69 Å². The van der Waals surface area contributed by atoms with E-state index < -0.39 is 5.97 Å². The zero-order valence-corrected chi connectivity index (χ0v) is 12.7. The van der Waals surface area contributed by atoms with Crippen molar-refractivity contribution < 1.29 is 23.5 Å². The summed E-state index contributed by atoms with van der Waals surface area (Å²) in [6, 6.07) is 2.20. The summed E-state index contributed by atoms with van der Waals surface area (Å²) in [5, 5.41) is 0. The first kappa shape index (κ1) is 15.6. The summed E-state index contributed by atoms with van der Waals surface area (Å²) < 4.78 is 15.2. The average molecular weight is 295 g/mol. The second-order valence-corrected chi connectivity index (χ2v) is 5.16. The summed E-state index contributed by atoms with van der Waals surface area (Å²) in [7, 11) is 1.32. The molecule has 1 aromatic rings. The molecule has 1 saturated carbocycles. The molecule has 0 atom stereocenters. The van der Waals surface area contributed by atoms with Crippen LogP contribution in [-0.4, -0.2) is 43.1 Å². The summed E-state index contributed by atoms with van der Waals surface area (Å²) in [6.07, 6.45) is 2.14. The molecule has 2 rings (SSSR count). The summed E-state index contributed by atoms with van der Waals surface area (Å²) in [6.45, 7) is 4.70. The van der Waals surface area contributed by atoms with E-state index in [2.05, 4.69) is 4.74 Å². The van der Waals surface area contributed by atoms with Crippen molar-refractivity contribution in [2.75, 3.05) is 20.3 Å². The third-order valence-corrected chi connectivity index (χ3v) is 3.40. The van der Waals surface area contributed by atoms with Crippen LogP contribution < -0.4 is 0 Å². The van der Waals surface area contributed by atoms with Gasteiger partial charge in [0.2, 0.25) is 5.76 Å². The molecule has 0 aliphatic heterocycles. The van der Waals surface area contributed by atoms with Crippen LogP contribution in [0.1, 0.15) is 41.6 Å². The zero-order valence-electron chi connectivity index (χ0n) is 12.7. The Morgan fingerprint density at radius 2 is 2.14 bits per heavy atom. The molecule has 1 aliphatic carbocycles. The van der Waals surface area contributed by atoms with E-state index in [1.165, 1.54) is 7.11 Å². The largest absolute Gasteiger partial charge is 0.465 e. The summed E-state index contributed by atoms with van der Waals surface area (Å²) in [5.74, 6) is 0.159. The molecule has 0 saturated heterocycles. The molecule has 0 radical (unpaired) electrons. The van der Waals surface area contributed by atoms with Crippen molar-refractivity contribution >= 4 is 11.9 Å². The van der Waals surface area contributed by atoms with Gasteiger partial charge in [0, 0.05) is 11.6 Å². The Bertz CT molecular complexity index is 518. The van der Waals surface area contributed by atoms with Gasteiger partial charge in [-0.2, -0.15) is 0 Å². The number of carbonyl (C=O) groups excluding carboxylic acids is 2. The SMILES string of the molecule is CCOC(=O)CN(Cc1cc(C)c(C(=O)OC)o1)C1CC1. The van der Waals surface area contributed by atoms with E-state index in [-0.39, 0.29) is 18.3 Å². The molecule has 0 unspecified atom stereocenters. The fourth-order valence-electron chi connectivity index (χ4n) is 2.25. The number of ether oxygens (including phenoxy) is 2. The lowest BCUT2D eigenvalue weighted by Gasteiger charge is -2.19. The fourth-order valence-corrected chi connectivity index (χ4v) is 2.25. The van der Waals surface area contributed by atoms with Gasteiger partial charge in [0.15, 0.2) is 0 Å². The molecule has 6 nitrogen and oxygen atoms in total. The molecule has 1 aliphatic rings. The maximum atomic E-state index is 11.6. The van der Waals surface area contributed by atoms with E-state index in [0.717, 1.165) is 18.4 Å². The third-order valence-electron chi connectivity index (χ3n) is 3.40. The average Bonchev–Trinajstić information content (AvgIpc) is 3.22. The Kier molecular flexibility index (Phi) is 5.01. The van der Waals surface area contributed by atoms with Crippen LogP contribution in [0, 0.1) is 6.92 Å². The van der Waals surface area contributed by atoms with Gasteiger partial charge in [-0.1, -0.05) is 0 Å². The van der Waals surface area contributed by atoms with E-state index in [9.17, 15) is 9.59 Å². The number of esters is 2. The number of furan rings is 1. The highest BCUT2D eigenvalue weighted by molar-refractivity contribution is 5.87. The Morgan fingerprint density at radius 3 is 2.71 bits per heavy atom. The van der Waals surface area contributed by atoms with Gasteiger partial charge in [-0.05, 0) is 32.8 Å². The first-order valence-electron chi connectivity index (χ1n) is 7.12. The van der Waals surface area contributed by atoms with E-state index in [1.807, 2.05) is 11.0 Å². The van der Waals surface area contributed by atoms with Crippen LogP contribution in [0.15, 0.2) is 10.5 Å². The molecule has 0 aromatic carbocycles. The van der Waals surface area contributed by atoms with Crippen LogP contribution in [-0.2, 0) is 20.8 Å². The Labute approximate surface area is 124 Å². The van der Waals surface area contributed by atoms with Crippen molar-refractivity contribution in [1.29, 1.82) is 0 Å². The lowest BCUT2D eigenvalue weighted by Crippen LogP contribution is -2.32. The number of nitrogens with zero attached hydrogens (tertiary/aromatic N) is 1. The molecule has 116 valence electrons. The second kappa shape index (κ2) is 6.76. The van der Waals surface area contributed by atoms with Gasteiger partial charge < -0.3 is 13.9 Å². The lowest BCUT2D eigenvalue weighted by molar-refractivity contribution is -0.144. The number of aryl methyl sites for hydroxylation is 1. The third kappa shape index (κ3) is 4.07. The topological polar surface area (TPSA) is 69.0 Å². The van der Waals surface area contributed by atoms with E-state index in [1.54, 1.807) is 13.8 Å². The Hall–Kier alpha value is -1.82. The summed E-state index contributed by atoms with van der Waals surface area (Å²) in [4.78, 5) is 25.2. The van der Waals surface area contributed by atoms with Gasteiger partial charge in [-0.25, -0.2) is 4.79 Å². The lowest BCUT2D eigenvalue weighted by atomic mass is 10.2. The number of carbonyl (C=O) groups is 2. The molecule has 6 heteroatoms. The minimum absolute atomic E-state index is 0.222. The van der Waals surface area contributed by atoms with Gasteiger partial charge in [0.25, 0.3) is 0 Å². The molecule has 0 amide bonds. The molecular weight excluding hydrogens is 274 g/mol. The molecule has 1 aromatic heterocycles. The predicted molar refractivity (Wildman–Crippen MR) is 74.8 cm³/mol. The molecule has 1 fully saturated rings. The highest BCUT2D eigenvalue weighted by Gasteiger charge is 2.31. The minimum atomic E-state index is -0.484. The maximum Gasteiger partial charge on any atom is 0.374 e. The number of methoxy groups -OCH3 is 1. The zero-order chi connectivity index (χ0) is 15.4. The number of rotatable bonds is 7. The van der Waals surface area contributed by atoms with Crippen molar-refractivity contribution in [3.05, 3.63) is 23.2 Å². The summed E-state index contributed by atoms with van der Waals surface area (Å²) >= 11 is 0. The monoisotopic (exact) mass is 295 g/mol. The fraction of sp³-hybridized carbons (Fsp3) is 0.600. The smallest absolute Gasteiger partial charge is 0.374 e. The molecule has 0 N–H and O–H groups in total. The first-order chi connectivity index (χ1) is 10.0. The standard InChI is InChI=1S/C15H21NO5/c1-4-20-13(17)9-16(11-5-6-11)8-12-7-10(2)14(21-12)15(18)19-3/h7,11H,4-6,8-9H2,1-3H3. The Morgan fingerprint density at radius 1 is 1.43 bits per heavy atom. The van der Waals surface area contributed by atoms with Crippen LogP contribution in [0.4, 0.5) is 0 Å². The predicted octanol–water partition coefficient (Wildman–Crippen LogP) is 1.90. The normalized spacial score (nSPS) is 14.3. The van der Waals surface area contributed by atoms with Gasteiger partial charge in [0.1, 0.15) is 5.76 Å². The van der Waals surface area contributed by atoms with Crippen LogP contribution in [0.2, 0.25) is 0 Å². The highest BCUT2D eigenvalue weighted by Crippen LogP contribution is 2.29. The van der Waals surface area contributed by atoms with Gasteiger partial charge in [0.05, 0.1) is 26.8 Å². The second-order valence-electron chi connectivity index (χ2n) is 5.16. The highest BCUT2D eigenvalue weighted by atomic mass is 16.5. The molecule has 1 heterocycles. The van der Waals surface area contributed by atoms with E-state index in [4.69, 9.17) is 9.15 Å². The van der Waals surface area contributed by atoms with Crippen molar-refractivity contribution in [3.63, 3.8) is 0 Å². The number of hydrogen-bond acceptors (Lipinski definition) is 6. The van der Waals surface area contributed by atoms with E-state index >= 15 is 0 Å². The molecule has 0 bridgehead atoms. The van der Waals surface area contributed by atoms with Crippen LogP contribution in [0.25, 0.3) is 0 Å². The van der Waals surface area contributed by atoms with Crippen molar-refractivity contribution in [3.8, 4) is 0 Å². The van der Waals surface area contributed by atoms with Crippen molar-refractivity contribution in [2.24, 2.45) is 0 Å².